The molecule has 0 amide bonds. The molecule has 1 N–H and O–H groups in total. The van der Waals surface area contributed by atoms with E-state index in [2.05, 4.69) is 9.97 Å². The van der Waals surface area contributed by atoms with E-state index in [1.807, 2.05) is 42.0 Å². The molecule has 3 atom stereocenters. The van der Waals surface area contributed by atoms with E-state index < -0.39 is 11.4 Å². The summed E-state index contributed by atoms with van der Waals surface area (Å²) in [4.78, 5) is 8.49. The molecule has 8 heteroatoms. The lowest BCUT2D eigenvalue weighted by Crippen LogP contribution is -2.45. The molecule has 2 aliphatic rings. The van der Waals surface area contributed by atoms with Gasteiger partial charge >= 0.3 is 0 Å². The average Bonchev–Trinajstić information content (AvgIpc) is 3.37. The van der Waals surface area contributed by atoms with Crippen molar-refractivity contribution in [1.29, 1.82) is 0 Å². The lowest BCUT2D eigenvalue weighted by Gasteiger charge is -2.35. The van der Waals surface area contributed by atoms with E-state index in [1.165, 1.54) is 6.33 Å². The van der Waals surface area contributed by atoms with E-state index in [4.69, 9.17) is 18.9 Å². The molecule has 158 valence electrons. The van der Waals surface area contributed by atoms with Crippen LogP contribution in [0.2, 0.25) is 0 Å². The molecule has 1 saturated heterocycles. The molecule has 5 rings (SSSR count). The van der Waals surface area contributed by atoms with Crippen molar-refractivity contribution in [1.82, 2.24) is 14.5 Å². The van der Waals surface area contributed by atoms with Crippen LogP contribution in [0.15, 0.2) is 43.0 Å². The number of ether oxygens (including phenoxy) is 4. The summed E-state index contributed by atoms with van der Waals surface area (Å²) in [7, 11) is 0. The van der Waals surface area contributed by atoms with Gasteiger partial charge in [0, 0.05) is 30.6 Å². The summed E-state index contributed by atoms with van der Waals surface area (Å²) in [5.41, 5.74) is 1.16. The first-order chi connectivity index (χ1) is 14.3. The molecule has 2 aromatic heterocycles. The molecule has 2 aliphatic heterocycles. The monoisotopic (exact) mass is 411 g/mol. The van der Waals surface area contributed by atoms with Crippen molar-refractivity contribution in [3.05, 3.63) is 48.5 Å². The van der Waals surface area contributed by atoms with E-state index >= 15 is 0 Å². The van der Waals surface area contributed by atoms with Gasteiger partial charge in [-0.2, -0.15) is 0 Å². The van der Waals surface area contributed by atoms with Crippen molar-refractivity contribution in [3.63, 3.8) is 0 Å². The fourth-order valence-electron chi connectivity index (χ4n) is 4.38. The van der Waals surface area contributed by atoms with E-state index in [0.717, 1.165) is 28.1 Å². The highest BCUT2D eigenvalue weighted by molar-refractivity contribution is 5.74. The summed E-state index contributed by atoms with van der Waals surface area (Å²) in [5, 5.41) is 11.4. The van der Waals surface area contributed by atoms with Gasteiger partial charge < -0.3 is 28.6 Å². The molecule has 4 heterocycles. The third-order valence-corrected chi connectivity index (χ3v) is 5.61. The second kappa shape index (κ2) is 6.94. The van der Waals surface area contributed by atoms with Gasteiger partial charge in [0.25, 0.3) is 0 Å². The van der Waals surface area contributed by atoms with Crippen LogP contribution in [0.4, 0.5) is 0 Å². The number of hydrogen-bond donors (Lipinski definition) is 1. The van der Waals surface area contributed by atoms with Gasteiger partial charge in [-0.15, -0.1) is 0 Å². The van der Waals surface area contributed by atoms with Gasteiger partial charge in [0.1, 0.15) is 18.2 Å². The number of aromatic nitrogens is 3. The highest BCUT2D eigenvalue weighted by atomic mass is 16.7. The number of aliphatic hydroxyl groups is 1. The minimum atomic E-state index is -1.29. The third-order valence-electron chi connectivity index (χ3n) is 5.61. The lowest BCUT2D eigenvalue weighted by molar-refractivity contribution is -0.251. The van der Waals surface area contributed by atoms with Crippen molar-refractivity contribution < 1.29 is 24.1 Å². The summed E-state index contributed by atoms with van der Waals surface area (Å²) < 4.78 is 25.6. The predicted molar refractivity (Wildman–Crippen MR) is 108 cm³/mol. The van der Waals surface area contributed by atoms with Crippen LogP contribution in [0.5, 0.6) is 11.5 Å². The summed E-state index contributed by atoms with van der Waals surface area (Å²) in [6.07, 6.45) is 5.89. The van der Waals surface area contributed by atoms with Crippen LogP contribution in [0.3, 0.4) is 0 Å². The molecule has 30 heavy (non-hydrogen) atoms. The zero-order valence-corrected chi connectivity index (χ0v) is 17.2. The smallest absolute Gasteiger partial charge is 0.231 e. The second-order valence-electron chi connectivity index (χ2n) is 8.56. The molecule has 0 saturated carbocycles. The first-order valence-electron chi connectivity index (χ1n) is 10.0. The Morgan fingerprint density at radius 1 is 1.27 bits per heavy atom. The maximum Gasteiger partial charge on any atom is 0.231 e. The predicted octanol–water partition coefficient (Wildman–Crippen LogP) is 3.19. The van der Waals surface area contributed by atoms with Crippen LogP contribution in [-0.2, 0) is 15.9 Å². The van der Waals surface area contributed by atoms with Crippen molar-refractivity contribution in [2.75, 3.05) is 6.79 Å². The Bertz CT molecular complexity index is 1080. The lowest BCUT2D eigenvalue weighted by atomic mass is 9.91. The molecule has 3 unspecified atom stereocenters. The normalized spacial score (nSPS) is 25.9. The van der Waals surface area contributed by atoms with Gasteiger partial charge in [0.15, 0.2) is 17.3 Å². The molecular weight excluding hydrogens is 386 g/mol. The summed E-state index contributed by atoms with van der Waals surface area (Å²) >= 11 is 0. The summed E-state index contributed by atoms with van der Waals surface area (Å²) in [6.45, 7) is 5.51. The second-order valence-corrected chi connectivity index (χ2v) is 8.56. The zero-order valence-electron chi connectivity index (χ0n) is 17.2. The molecule has 0 radical (unpaired) electrons. The van der Waals surface area contributed by atoms with Crippen molar-refractivity contribution in [2.24, 2.45) is 0 Å². The van der Waals surface area contributed by atoms with Gasteiger partial charge in [-0.1, -0.05) is 6.07 Å². The molecule has 0 spiro atoms. The van der Waals surface area contributed by atoms with E-state index in [-0.39, 0.29) is 19.1 Å². The number of hydrogen-bond acceptors (Lipinski definition) is 7. The summed E-state index contributed by atoms with van der Waals surface area (Å²) in [5.74, 6) is 0.194. The van der Waals surface area contributed by atoms with Crippen LogP contribution in [0.25, 0.3) is 11.0 Å². The Morgan fingerprint density at radius 3 is 2.93 bits per heavy atom. The Labute approximate surface area is 174 Å². The standard InChI is InChI=1S/C22H25N3O5/c1-21(2,26)30-22(3)10-19(25-7-6-15-11-23-12-24-20(15)25)29-18(22)9-14-4-5-16-17(8-14)28-13-27-16/h4-8,11-12,18-19,26H,9-10,13H2,1-3H3. The fraction of sp³-hybridized carbons (Fsp3) is 0.455. The van der Waals surface area contributed by atoms with Gasteiger partial charge in [0.05, 0.1) is 11.7 Å². The first-order valence-corrected chi connectivity index (χ1v) is 10.0. The van der Waals surface area contributed by atoms with Crippen LogP contribution >= 0.6 is 0 Å². The largest absolute Gasteiger partial charge is 0.454 e. The van der Waals surface area contributed by atoms with E-state index in [1.54, 1.807) is 20.0 Å². The quantitative estimate of drug-likeness (QED) is 0.645. The first kappa shape index (κ1) is 19.3. The van der Waals surface area contributed by atoms with Crippen molar-refractivity contribution in [2.45, 2.75) is 57.3 Å². The topological polar surface area (TPSA) is 87.9 Å². The van der Waals surface area contributed by atoms with E-state index in [9.17, 15) is 5.11 Å². The molecule has 3 aromatic rings. The van der Waals surface area contributed by atoms with Crippen LogP contribution < -0.4 is 9.47 Å². The van der Waals surface area contributed by atoms with E-state index in [0.29, 0.717) is 12.8 Å². The Kier molecular flexibility index (Phi) is 4.46. The van der Waals surface area contributed by atoms with Crippen LogP contribution in [0.1, 0.15) is 39.0 Å². The molecule has 0 aliphatic carbocycles. The molecule has 8 nitrogen and oxygen atoms in total. The fourth-order valence-corrected chi connectivity index (χ4v) is 4.38. The summed E-state index contributed by atoms with van der Waals surface area (Å²) in [6, 6.07) is 7.86. The molecular formula is C22H25N3O5. The minimum absolute atomic E-state index is 0.239. The highest BCUT2D eigenvalue weighted by Crippen LogP contribution is 2.44. The average molecular weight is 411 g/mol. The number of rotatable bonds is 5. The van der Waals surface area contributed by atoms with Gasteiger partial charge in [-0.25, -0.2) is 9.97 Å². The number of benzene rings is 1. The van der Waals surface area contributed by atoms with Gasteiger partial charge in [-0.05, 0) is 44.5 Å². The maximum atomic E-state index is 10.4. The van der Waals surface area contributed by atoms with Gasteiger partial charge in [0.2, 0.25) is 6.79 Å². The molecule has 1 fully saturated rings. The van der Waals surface area contributed by atoms with Crippen molar-refractivity contribution in [3.8, 4) is 11.5 Å². The Balaban J connectivity index is 1.46. The van der Waals surface area contributed by atoms with Gasteiger partial charge in [-0.3, -0.25) is 0 Å². The minimum Gasteiger partial charge on any atom is -0.454 e. The maximum absolute atomic E-state index is 10.4. The SMILES string of the molecule is CC(C)(O)OC1(C)CC(n2ccc3cncnc32)OC1Cc1ccc2c(c1)OCO2. The van der Waals surface area contributed by atoms with Crippen molar-refractivity contribution >= 4 is 11.0 Å². The molecule has 1 aromatic carbocycles. The van der Waals surface area contributed by atoms with Crippen LogP contribution in [0, 0.1) is 0 Å². The third kappa shape index (κ3) is 3.51. The number of fused-ring (bicyclic) bond motifs is 2. The van der Waals surface area contributed by atoms with Crippen LogP contribution in [-0.4, -0.2) is 43.9 Å². The number of nitrogens with zero attached hydrogens (tertiary/aromatic N) is 3. The Hall–Kier alpha value is -2.68. The zero-order chi connectivity index (χ0) is 20.9. The Morgan fingerprint density at radius 2 is 2.10 bits per heavy atom. The highest BCUT2D eigenvalue weighted by Gasteiger charge is 2.49. The molecule has 0 bridgehead atoms.